The van der Waals surface area contributed by atoms with Crippen LogP contribution in [0.2, 0.25) is 0 Å². The summed E-state index contributed by atoms with van der Waals surface area (Å²) in [5.74, 6) is -2.08. The molecule has 0 aliphatic carbocycles. The molecule has 1 saturated heterocycles. The average molecular weight is 508 g/mol. The van der Waals surface area contributed by atoms with Gasteiger partial charge in [-0.05, 0) is 50.1 Å². The third-order valence-corrected chi connectivity index (χ3v) is 6.64. The van der Waals surface area contributed by atoms with Crippen LogP contribution >= 0.6 is 11.3 Å². The van der Waals surface area contributed by atoms with Crippen molar-refractivity contribution in [1.29, 1.82) is 0 Å². The number of amides is 1. The van der Waals surface area contributed by atoms with Crippen LogP contribution in [0, 0.1) is 6.92 Å². The lowest BCUT2D eigenvalue weighted by Gasteiger charge is -2.22. The van der Waals surface area contributed by atoms with Crippen LogP contribution < -0.4 is 9.64 Å². The molecule has 1 aliphatic rings. The third-order valence-electron chi connectivity index (χ3n) is 5.50. The molecule has 1 N–H and O–H groups in total. The lowest BCUT2D eigenvalue weighted by molar-refractivity contribution is -0.132. The third kappa shape index (κ3) is 4.72. The number of carbonyl (C=O) groups excluding carboxylic acids is 3. The highest BCUT2D eigenvalue weighted by Crippen LogP contribution is 2.44. The Bertz CT molecular complexity index is 1330. The van der Waals surface area contributed by atoms with Crippen molar-refractivity contribution in [2.24, 2.45) is 0 Å². The molecule has 36 heavy (non-hydrogen) atoms. The molecule has 0 radical (unpaired) electrons. The van der Waals surface area contributed by atoms with Crippen molar-refractivity contribution in [2.75, 3.05) is 18.1 Å². The summed E-state index contributed by atoms with van der Waals surface area (Å²) < 4.78 is 10.8. The van der Waals surface area contributed by atoms with E-state index >= 15 is 0 Å². The largest absolute Gasteiger partial charge is 0.507 e. The van der Waals surface area contributed by atoms with E-state index < -0.39 is 23.7 Å². The van der Waals surface area contributed by atoms with Gasteiger partial charge in [0.1, 0.15) is 16.4 Å². The van der Waals surface area contributed by atoms with Gasteiger partial charge in [0.2, 0.25) is 0 Å². The number of pyridine rings is 1. The number of aromatic nitrogens is 2. The minimum Gasteiger partial charge on any atom is -0.507 e. The van der Waals surface area contributed by atoms with Crippen molar-refractivity contribution in [1.82, 2.24) is 9.97 Å². The Balaban J connectivity index is 1.86. The van der Waals surface area contributed by atoms with Crippen LogP contribution in [-0.4, -0.2) is 45.9 Å². The van der Waals surface area contributed by atoms with Crippen LogP contribution in [-0.2, 0) is 14.3 Å². The van der Waals surface area contributed by atoms with Gasteiger partial charge in [-0.15, -0.1) is 0 Å². The molecule has 2 aromatic heterocycles. The minimum absolute atomic E-state index is 0.0932. The number of thiazole rings is 1. The predicted octanol–water partition coefficient (Wildman–Crippen LogP) is 4.44. The highest BCUT2D eigenvalue weighted by molar-refractivity contribution is 7.17. The predicted molar refractivity (Wildman–Crippen MR) is 134 cm³/mol. The Hall–Kier alpha value is -4.05. The summed E-state index contributed by atoms with van der Waals surface area (Å²) in [5, 5.41) is 11.4. The molecule has 1 unspecified atom stereocenters. The fourth-order valence-electron chi connectivity index (χ4n) is 3.87. The first kappa shape index (κ1) is 25.1. The van der Waals surface area contributed by atoms with E-state index in [1.807, 2.05) is 6.92 Å². The molecule has 4 rings (SSSR count). The van der Waals surface area contributed by atoms with E-state index in [4.69, 9.17) is 9.47 Å². The molecular formula is C26H25N3O6S. The number of aryl methyl sites for hydroxylation is 1. The maximum Gasteiger partial charge on any atom is 0.350 e. The lowest BCUT2D eigenvalue weighted by Crippen LogP contribution is -2.29. The van der Waals surface area contributed by atoms with E-state index in [0.29, 0.717) is 29.2 Å². The van der Waals surface area contributed by atoms with E-state index in [-0.39, 0.29) is 27.9 Å². The Kier molecular flexibility index (Phi) is 7.44. The van der Waals surface area contributed by atoms with Gasteiger partial charge < -0.3 is 14.6 Å². The van der Waals surface area contributed by atoms with Crippen LogP contribution in [0.1, 0.15) is 52.8 Å². The molecule has 0 bridgehead atoms. The number of ether oxygens (including phenoxy) is 2. The fourth-order valence-corrected chi connectivity index (χ4v) is 4.86. The molecule has 10 heteroatoms. The van der Waals surface area contributed by atoms with Gasteiger partial charge in [0.05, 0.1) is 30.5 Å². The second-order valence-electron chi connectivity index (χ2n) is 7.96. The maximum atomic E-state index is 13.3. The van der Waals surface area contributed by atoms with Crippen molar-refractivity contribution < 1.29 is 29.0 Å². The molecule has 3 heterocycles. The summed E-state index contributed by atoms with van der Waals surface area (Å²) in [6.07, 6.45) is 3.88. The SMILES string of the molecule is CCCOc1cccc(/C(O)=C2\C(=O)C(=O)N(c3nc(C)c(C(=O)OCC)s3)C2c2ccncc2)c1. The summed E-state index contributed by atoms with van der Waals surface area (Å²) in [6.45, 7) is 5.99. The molecule has 3 aromatic rings. The summed E-state index contributed by atoms with van der Waals surface area (Å²) in [6, 6.07) is 9.04. The van der Waals surface area contributed by atoms with E-state index in [2.05, 4.69) is 9.97 Å². The molecule has 1 aromatic carbocycles. The lowest BCUT2D eigenvalue weighted by atomic mass is 9.96. The van der Waals surface area contributed by atoms with E-state index in [1.54, 1.807) is 50.2 Å². The van der Waals surface area contributed by atoms with Gasteiger partial charge in [0.15, 0.2) is 5.13 Å². The second kappa shape index (κ2) is 10.7. The zero-order valence-corrected chi connectivity index (χ0v) is 20.9. The highest BCUT2D eigenvalue weighted by Gasteiger charge is 2.48. The molecular weight excluding hydrogens is 482 g/mol. The van der Waals surface area contributed by atoms with Gasteiger partial charge in [-0.1, -0.05) is 30.4 Å². The number of carbonyl (C=O) groups is 3. The van der Waals surface area contributed by atoms with Crippen molar-refractivity contribution in [2.45, 2.75) is 33.2 Å². The summed E-state index contributed by atoms with van der Waals surface area (Å²) in [4.78, 5) is 48.8. The van der Waals surface area contributed by atoms with Crippen molar-refractivity contribution in [3.05, 3.63) is 76.1 Å². The molecule has 1 amide bonds. The van der Waals surface area contributed by atoms with E-state index in [0.717, 1.165) is 17.8 Å². The fraction of sp³-hybridized carbons (Fsp3) is 0.269. The number of nitrogens with zero attached hydrogens (tertiary/aromatic N) is 3. The number of aliphatic hydroxyl groups is 1. The Labute approximate surface area is 212 Å². The van der Waals surface area contributed by atoms with Crippen molar-refractivity contribution >= 4 is 39.9 Å². The van der Waals surface area contributed by atoms with Crippen LogP contribution in [0.5, 0.6) is 5.75 Å². The first-order valence-electron chi connectivity index (χ1n) is 11.5. The molecule has 0 spiro atoms. The molecule has 1 atom stereocenters. The quantitative estimate of drug-likeness (QED) is 0.206. The minimum atomic E-state index is -0.978. The monoisotopic (exact) mass is 507 g/mol. The van der Waals surface area contributed by atoms with Crippen molar-refractivity contribution in [3.8, 4) is 5.75 Å². The van der Waals surface area contributed by atoms with Crippen LogP contribution in [0.3, 0.4) is 0 Å². The second-order valence-corrected chi connectivity index (χ2v) is 8.93. The van der Waals surface area contributed by atoms with Crippen LogP contribution in [0.15, 0.2) is 54.4 Å². The molecule has 1 fully saturated rings. The average Bonchev–Trinajstić information content (AvgIpc) is 3.40. The van der Waals surface area contributed by atoms with Gasteiger partial charge in [0.25, 0.3) is 5.78 Å². The Morgan fingerprint density at radius 2 is 1.92 bits per heavy atom. The topological polar surface area (TPSA) is 119 Å². The Morgan fingerprint density at radius 1 is 1.17 bits per heavy atom. The summed E-state index contributed by atoms with van der Waals surface area (Å²) in [5.41, 5.74) is 1.17. The molecule has 9 nitrogen and oxygen atoms in total. The number of esters is 1. The first-order valence-corrected chi connectivity index (χ1v) is 12.3. The summed E-state index contributed by atoms with van der Waals surface area (Å²) in [7, 11) is 0. The Morgan fingerprint density at radius 3 is 2.61 bits per heavy atom. The van der Waals surface area contributed by atoms with Gasteiger partial charge in [0, 0.05) is 18.0 Å². The maximum absolute atomic E-state index is 13.3. The molecule has 186 valence electrons. The van der Waals surface area contributed by atoms with E-state index in [9.17, 15) is 19.5 Å². The number of aliphatic hydroxyl groups excluding tert-OH is 1. The number of anilines is 1. The zero-order valence-electron chi connectivity index (χ0n) is 20.1. The van der Waals surface area contributed by atoms with E-state index in [1.165, 1.54) is 17.3 Å². The first-order chi connectivity index (χ1) is 17.4. The number of hydrogen-bond donors (Lipinski definition) is 1. The van der Waals surface area contributed by atoms with Gasteiger partial charge in [-0.2, -0.15) is 0 Å². The number of ketones is 1. The normalized spacial score (nSPS) is 16.9. The summed E-state index contributed by atoms with van der Waals surface area (Å²) >= 11 is 0.957. The zero-order chi connectivity index (χ0) is 25.8. The number of Topliss-reactive ketones (excluding diaryl/α,β-unsaturated/α-hetero) is 1. The van der Waals surface area contributed by atoms with Gasteiger partial charge in [-0.25, -0.2) is 9.78 Å². The van der Waals surface area contributed by atoms with Crippen LogP contribution in [0.4, 0.5) is 5.13 Å². The van der Waals surface area contributed by atoms with Crippen LogP contribution in [0.25, 0.3) is 5.76 Å². The van der Waals surface area contributed by atoms with Gasteiger partial charge >= 0.3 is 11.9 Å². The number of hydrogen-bond acceptors (Lipinski definition) is 9. The molecule has 0 saturated carbocycles. The van der Waals surface area contributed by atoms with Gasteiger partial charge in [-0.3, -0.25) is 19.5 Å². The number of rotatable bonds is 8. The number of benzene rings is 1. The van der Waals surface area contributed by atoms with Crippen molar-refractivity contribution in [3.63, 3.8) is 0 Å². The highest BCUT2D eigenvalue weighted by atomic mass is 32.1. The molecule has 1 aliphatic heterocycles. The smallest absolute Gasteiger partial charge is 0.350 e. The standard InChI is InChI=1S/C26H25N3O6S/c1-4-13-35-18-8-6-7-17(14-18)21(30)19-20(16-9-11-27-12-10-16)29(24(32)22(19)31)26-28-15(3)23(36-26)25(33)34-5-2/h6-12,14,20,30H,4-5,13H2,1-3H3/b21-19+.